The number of carbonyl (C=O) groups is 2. The molecule has 0 aliphatic carbocycles. The molecule has 1 saturated heterocycles. The van der Waals surface area contributed by atoms with E-state index < -0.39 is 28.1 Å². The van der Waals surface area contributed by atoms with Gasteiger partial charge in [0, 0.05) is 19.3 Å². The third kappa shape index (κ3) is 6.71. The fourth-order valence-electron chi connectivity index (χ4n) is 4.83. The Kier molecular flexibility index (Phi) is 9.04. The number of sulfonamides is 1. The molecule has 1 atom stereocenters. The lowest BCUT2D eigenvalue weighted by molar-refractivity contribution is -0.192. The first-order valence-electron chi connectivity index (χ1n) is 12.7. The number of carbonyl (C=O) groups excluding carboxylic acids is 1. The predicted molar refractivity (Wildman–Crippen MR) is 148 cm³/mol. The summed E-state index contributed by atoms with van der Waals surface area (Å²) in [5, 5.41) is 7.12. The number of likely N-dealkylation sites (tertiary alicyclic amines) is 1. The van der Waals surface area contributed by atoms with Crippen molar-refractivity contribution in [1.29, 1.82) is 0 Å². The van der Waals surface area contributed by atoms with Crippen LogP contribution in [0.25, 0.3) is 10.6 Å². The molecule has 0 spiro atoms. The van der Waals surface area contributed by atoms with Gasteiger partial charge in [0.2, 0.25) is 5.91 Å². The van der Waals surface area contributed by atoms with Crippen LogP contribution >= 0.6 is 11.3 Å². The number of para-hydroxylation sites is 1. The van der Waals surface area contributed by atoms with E-state index in [9.17, 15) is 26.4 Å². The van der Waals surface area contributed by atoms with E-state index in [0.717, 1.165) is 42.1 Å². The number of alkyl halides is 3. The fraction of sp³-hybridized carbons (Fsp3) is 0.370. The van der Waals surface area contributed by atoms with Crippen molar-refractivity contribution in [3.63, 3.8) is 0 Å². The van der Waals surface area contributed by atoms with E-state index in [1.807, 2.05) is 48.3 Å². The minimum Gasteiger partial charge on any atom is -0.475 e. The molecule has 1 fully saturated rings. The number of thiophene rings is 1. The monoisotopic (exact) mass is 610 g/mol. The Morgan fingerprint density at radius 1 is 1.05 bits per heavy atom. The Labute approximate surface area is 239 Å². The van der Waals surface area contributed by atoms with Gasteiger partial charge >= 0.3 is 12.1 Å². The van der Waals surface area contributed by atoms with Gasteiger partial charge in [-0.15, -0.1) is 11.3 Å². The zero-order valence-corrected chi connectivity index (χ0v) is 23.9. The molecule has 14 heteroatoms. The van der Waals surface area contributed by atoms with E-state index in [0.29, 0.717) is 5.69 Å². The van der Waals surface area contributed by atoms with Crippen molar-refractivity contribution in [1.82, 2.24) is 14.8 Å². The number of benzene rings is 1. The summed E-state index contributed by atoms with van der Waals surface area (Å²) in [6, 6.07) is 16.5. The number of piperidine rings is 1. The van der Waals surface area contributed by atoms with Gasteiger partial charge in [0.25, 0.3) is 10.0 Å². The third-order valence-corrected chi connectivity index (χ3v) is 10.5. The van der Waals surface area contributed by atoms with Crippen LogP contribution in [0.3, 0.4) is 0 Å². The van der Waals surface area contributed by atoms with Crippen LogP contribution in [0.5, 0.6) is 0 Å². The lowest BCUT2D eigenvalue weighted by Gasteiger charge is -2.36. The van der Waals surface area contributed by atoms with Gasteiger partial charge in [0.15, 0.2) is 0 Å². The number of anilines is 1. The number of fused-ring (bicyclic) bond motifs is 1. The summed E-state index contributed by atoms with van der Waals surface area (Å²) in [4.78, 5) is 31.7. The minimum atomic E-state index is -5.08. The SMILES string of the molecule is CN1CCC(N(C)C(=O)C2CN(S(=O)(=O)c3ccc(-c4ccccn4)s3)c3ccccc32)CC1.O=C(O)C(F)(F)F. The highest BCUT2D eigenvalue weighted by Gasteiger charge is 2.42. The first-order valence-corrected chi connectivity index (χ1v) is 14.9. The summed E-state index contributed by atoms with van der Waals surface area (Å²) < 4.78 is 60.8. The van der Waals surface area contributed by atoms with Crippen molar-refractivity contribution in [2.45, 2.75) is 35.2 Å². The Morgan fingerprint density at radius 3 is 2.29 bits per heavy atom. The number of amides is 1. The average molecular weight is 611 g/mol. The number of carboxylic acids is 1. The van der Waals surface area contributed by atoms with Gasteiger partial charge in [-0.2, -0.15) is 13.2 Å². The molecule has 220 valence electrons. The predicted octanol–water partition coefficient (Wildman–Crippen LogP) is 4.29. The standard InChI is InChI=1S/C25H28N4O3S2.C2HF3O2/c1-27-15-12-18(13-16-27)28(2)25(30)20-17-29(22-9-4-3-7-19(20)22)34(31,32)24-11-10-23(33-24)21-8-5-6-14-26-21;3-2(4,5)1(6)7/h3-11,14,18,20H,12-13,15-17H2,1-2H3;(H,6,7). The number of halogens is 3. The van der Waals surface area contributed by atoms with Crippen molar-refractivity contribution in [2.75, 3.05) is 38.0 Å². The van der Waals surface area contributed by atoms with Gasteiger partial charge in [-0.05, 0) is 68.9 Å². The first-order chi connectivity index (χ1) is 19.3. The van der Waals surface area contributed by atoms with Crippen LogP contribution in [0.1, 0.15) is 24.3 Å². The summed E-state index contributed by atoms with van der Waals surface area (Å²) in [6.45, 7) is 2.04. The van der Waals surface area contributed by atoms with Gasteiger partial charge in [0.05, 0.1) is 28.7 Å². The molecule has 0 saturated carbocycles. The highest BCUT2D eigenvalue weighted by Crippen LogP contribution is 2.42. The van der Waals surface area contributed by atoms with Gasteiger partial charge in [-0.25, -0.2) is 13.2 Å². The summed E-state index contributed by atoms with van der Waals surface area (Å²) in [5.41, 5.74) is 2.10. The molecule has 5 rings (SSSR count). The Balaban J connectivity index is 0.000000493. The number of hydrogen-bond donors (Lipinski definition) is 1. The molecular weight excluding hydrogens is 581 g/mol. The van der Waals surface area contributed by atoms with E-state index in [1.54, 1.807) is 24.4 Å². The number of likely N-dealkylation sites (N-methyl/N-ethyl adjacent to an activating group) is 1. The molecule has 2 aromatic heterocycles. The van der Waals surface area contributed by atoms with E-state index in [4.69, 9.17) is 9.90 Å². The number of carboxylic acid groups (broad SMARTS) is 1. The molecule has 0 radical (unpaired) electrons. The van der Waals surface area contributed by atoms with Gasteiger partial charge in [0.1, 0.15) is 4.21 Å². The lowest BCUT2D eigenvalue weighted by atomic mass is 9.97. The molecular formula is C27H29F3N4O5S2. The molecule has 1 N–H and O–H groups in total. The smallest absolute Gasteiger partial charge is 0.475 e. The number of rotatable bonds is 5. The highest BCUT2D eigenvalue weighted by molar-refractivity contribution is 7.94. The maximum absolute atomic E-state index is 13.7. The second-order valence-corrected chi connectivity index (χ2v) is 12.9. The maximum Gasteiger partial charge on any atom is 0.490 e. The van der Waals surface area contributed by atoms with Crippen molar-refractivity contribution in [2.24, 2.45) is 0 Å². The fourth-order valence-corrected chi connectivity index (χ4v) is 7.73. The molecule has 41 heavy (non-hydrogen) atoms. The summed E-state index contributed by atoms with van der Waals surface area (Å²) >= 11 is 1.20. The van der Waals surface area contributed by atoms with Crippen LogP contribution in [0.2, 0.25) is 0 Å². The number of hydrogen-bond acceptors (Lipinski definition) is 7. The molecule has 1 amide bonds. The van der Waals surface area contributed by atoms with E-state index in [2.05, 4.69) is 16.9 Å². The first kappa shape index (κ1) is 30.5. The molecule has 1 aromatic carbocycles. The molecule has 2 aliphatic heterocycles. The molecule has 3 aromatic rings. The van der Waals surface area contributed by atoms with E-state index in [-0.39, 0.29) is 22.7 Å². The van der Waals surface area contributed by atoms with Gasteiger partial charge in [-0.1, -0.05) is 24.3 Å². The van der Waals surface area contributed by atoms with Crippen LogP contribution in [-0.2, 0) is 19.6 Å². The summed E-state index contributed by atoms with van der Waals surface area (Å²) in [7, 11) is 0.136. The van der Waals surface area contributed by atoms with Gasteiger partial charge < -0.3 is 14.9 Å². The Bertz CT molecular complexity index is 1490. The van der Waals surface area contributed by atoms with Gasteiger partial charge in [-0.3, -0.25) is 14.1 Å². The second kappa shape index (κ2) is 12.2. The Morgan fingerprint density at radius 2 is 1.68 bits per heavy atom. The minimum absolute atomic E-state index is 0.0138. The molecule has 2 aliphatic rings. The van der Waals surface area contributed by atoms with Crippen molar-refractivity contribution >= 4 is 38.9 Å². The number of nitrogens with zero attached hydrogens (tertiary/aromatic N) is 4. The van der Waals surface area contributed by atoms with Crippen LogP contribution in [-0.4, -0.2) is 86.1 Å². The van der Waals surface area contributed by atoms with E-state index in [1.165, 1.54) is 15.6 Å². The highest BCUT2D eigenvalue weighted by atomic mass is 32.2. The maximum atomic E-state index is 13.7. The summed E-state index contributed by atoms with van der Waals surface area (Å²) in [5.74, 6) is -3.28. The number of pyridine rings is 1. The largest absolute Gasteiger partial charge is 0.490 e. The zero-order valence-electron chi connectivity index (χ0n) is 22.3. The summed E-state index contributed by atoms with van der Waals surface area (Å²) in [6.07, 6.45) is -1.53. The normalized spacial score (nSPS) is 17.9. The third-order valence-electron chi connectivity index (χ3n) is 7.10. The van der Waals surface area contributed by atoms with Crippen LogP contribution < -0.4 is 4.31 Å². The number of aromatic nitrogens is 1. The van der Waals surface area contributed by atoms with Crippen LogP contribution in [0.4, 0.5) is 18.9 Å². The van der Waals surface area contributed by atoms with Crippen LogP contribution in [0, 0.1) is 0 Å². The van der Waals surface area contributed by atoms with E-state index >= 15 is 0 Å². The van der Waals surface area contributed by atoms with Crippen molar-refractivity contribution < 1.29 is 36.3 Å². The average Bonchev–Trinajstić information content (AvgIpc) is 3.60. The van der Waals surface area contributed by atoms with Crippen molar-refractivity contribution in [3.8, 4) is 10.6 Å². The number of aliphatic carboxylic acids is 1. The molecule has 0 bridgehead atoms. The topological polar surface area (TPSA) is 111 Å². The second-order valence-electron chi connectivity index (χ2n) is 9.77. The van der Waals surface area contributed by atoms with Crippen LogP contribution in [0.15, 0.2) is 65.0 Å². The lowest BCUT2D eigenvalue weighted by Crippen LogP contribution is -2.46. The Hall–Kier alpha value is -3.49. The molecule has 4 heterocycles. The zero-order chi connectivity index (χ0) is 29.9. The van der Waals surface area contributed by atoms with Crippen molar-refractivity contribution in [3.05, 3.63) is 66.4 Å². The molecule has 1 unspecified atom stereocenters. The quantitative estimate of drug-likeness (QED) is 0.459. The molecule has 9 nitrogen and oxygen atoms in total.